The first-order chi connectivity index (χ1) is 7.04. The van der Waals surface area contributed by atoms with Gasteiger partial charge in [-0.2, -0.15) is 0 Å². The van der Waals surface area contributed by atoms with E-state index < -0.39 is 5.97 Å². The molecule has 0 aliphatic heterocycles. The lowest BCUT2D eigenvalue weighted by atomic mass is 10.0. The van der Waals surface area contributed by atoms with E-state index in [9.17, 15) is 14.4 Å². The first-order valence-electron chi connectivity index (χ1n) is 4.29. The fourth-order valence-corrected chi connectivity index (χ4v) is 1.09. The second kappa shape index (κ2) is 4.50. The van der Waals surface area contributed by atoms with Gasteiger partial charge in [0.25, 0.3) is 0 Å². The Hall–Kier alpha value is -1.97. The molecule has 4 heteroatoms. The van der Waals surface area contributed by atoms with Crippen LogP contribution in [0.2, 0.25) is 0 Å². The number of esters is 1. The molecular formula is C11H10O4. The van der Waals surface area contributed by atoms with Crippen molar-refractivity contribution in [3.8, 4) is 0 Å². The summed E-state index contributed by atoms with van der Waals surface area (Å²) in [6.07, 6.45) is 4.90. The molecule has 0 atom stereocenters. The van der Waals surface area contributed by atoms with E-state index in [-0.39, 0.29) is 22.7 Å². The maximum Gasteiger partial charge on any atom is 0.333 e. The predicted octanol–water partition coefficient (Wildman–Crippen LogP) is 0.740. The van der Waals surface area contributed by atoms with Crippen LogP contribution in [0.25, 0.3) is 0 Å². The minimum Gasteiger partial charge on any atom is -0.466 e. The van der Waals surface area contributed by atoms with Gasteiger partial charge in [0.05, 0.1) is 7.11 Å². The minimum absolute atomic E-state index is 0.199. The van der Waals surface area contributed by atoms with E-state index in [1.807, 2.05) is 0 Å². The van der Waals surface area contributed by atoms with Crippen LogP contribution in [-0.2, 0) is 19.1 Å². The molecule has 1 aliphatic rings. The molecule has 0 heterocycles. The average molecular weight is 206 g/mol. The minimum atomic E-state index is -0.522. The van der Waals surface area contributed by atoms with Crippen LogP contribution in [0.5, 0.6) is 0 Å². The summed E-state index contributed by atoms with van der Waals surface area (Å²) >= 11 is 0. The van der Waals surface area contributed by atoms with E-state index in [2.05, 4.69) is 4.74 Å². The molecule has 78 valence electrons. The van der Waals surface area contributed by atoms with E-state index in [1.54, 1.807) is 0 Å². The van der Waals surface area contributed by atoms with Gasteiger partial charge in [0.15, 0.2) is 11.6 Å². The van der Waals surface area contributed by atoms with Gasteiger partial charge in [0, 0.05) is 11.1 Å². The molecule has 0 amide bonds. The fourth-order valence-electron chi connectivity index (χ4n) is 1.09. The molecule has 0 aromatic carbocycles. The van der Waals surface area contributed by atoms with Crippen LogP contribution < -0.4 is 0 Å². The Balaban J connectivity index is 2.95. The molecule has 0 spiro atoms. The van der Waals surface area contributed by atoms with Crippen LogP contribution in [0, 0.1) is 0 Å². The van der Waals surface area contributed by atoms with Crippen molar-refractivity contribution in [2.45, 2.75) is 6.92 Å². The third-order valence-corrected chi connectivity index (χ3v) is 1.86. The van der Waals surface area contributed by atoms with Gasteiger partial charge in [-0.3, -0.25) is 9.59 Å². The maximum absolute atomic E-state index is 11.3. The summed E-state index contributed by atoms with van der Waals surface area (Å²) in [5.74, 6) is -1.08. The number of ketones is 2. The molecule has 4 nitrogen and oxygen atoms in total. The average Bonchev–Trinajstić information content (AvgIpc) is 2.22. The van der Waals surface area contributed by atoms with Gasteiger partial charge < -0.3 is 4.74 Å². The van der Waals surface area contributed by atoms with E-state index in [1.165, 1.54) is 38.3 Å². The van der Waals surface area contributed by atoms with Crippen molar-refractivity contribution in [1.82, 2.24) is 0 Å². The van der Waals surface area contributed by atoms with Gasteiger partial charge in [-0.1, -0.05) is 0 Å². The van der Waals surface area contributed by atoms with Crippen molar-refractivity contribution in [1.29, 1.82) is 0 Å². The summed E-state index contributed by atoms with van der Waals surface area (Å²) < 4.78 is 4.47. The molecule has 1 aliphatic carbocycles. The Morgan fingerprint density at radius 1 is 1.33 bits per heavy atom. The number of carbonyl (C=O) groups is 3. The SMILES string of the molecule is COC(=O)C(C)=CC1=CC(=O)C=CC1=O. The van der Waals surface area contributed by atoms with Crippen molar-refractivity contribution >= 4 is 17.5 Å². The first kappa shape index (κ1) is 11.1. The normalized spacial score (nSPS) is 16.4. The number of hydrogen-bond donors (Lipinski definition) is 0. The number of carbonyl (C=O) groups excluding carboxylic acids is 3. The van der Waals surface area contributed by atoms with Gasteiger partial charge in [0.2, 0.25) is 0 Å². The highest BCUT2D eigenvalue weighted by molar-refractivity contribution is 6.19. The van der Waals surface area contributed by atoms with Gasteiger partial charge in [-0.15, -0.1) is 0 Å². The summed E-state index contributed by atoms with van der Waals surface area (Å²) in [5.41, 5.74) is 0.477. The second-order valence-corrected chi connectivity index (χ2v) is 3.02. The largest absolute Gasteiger partial charge is 0.466 e. The molecule has 0 aromatic heterocycles. The topological polar surface area (TPSA) is 60.4 Å². The molecule has 0 saturated heterocycles. The lowest BCUT2D eigenvalue weighted by Gasteiger charge is -2.03. The van der Waals surface area contributed by atoms with Crippen LogP contribution in [-0.4, -0.2) is 24.6 Å². The van der Waals surface area contributed by atoms with Crippen LogP contribution in [0.15, 0.2) is 35.5 Å². The van der Waals surface area contributed by atoms with Gasteiger partial charge in [0.1, 0.15) is 0 Å². The molecule has 0 bridgehead atoms. The van der Waals surface area contributed by atoms with Crippen molar-refractivity contribution in [3.05, 3.63) is 35.5 Å². The van der Waals surface area contributed by atoms with Crippen LogP contribution >= 0.6 is 0 Å². The van der Waals surface area contributed by atoms with Crippen LogP contribution in [0.1, 0.15) is 6.92 Å². The third-order valence-electron chi connectivity index (χ3n) is 1.86. The van der Waals surface area contributed by atoms with Crippen LogP contribution in [0.4, 0.5) is 0 Å². The second-order valence-electron chi connectivity index (χ2n) is 3.02. The summed E-state index contributed by atoms with van der Waals surface area (Å²) in [7, 11) is 1.25. The molecule has 0 saturated carbocycles. The standard InChI is InChI=1S/C11H10O4/c1-7(11(14)15-2)5-8-6-9(12)3-4-10(8)13/h3-6H,1-2H3. The number of hydrogen-bond acceptors (Lipinski definition) is 4. The van der Waals surface area contributed by atoms with E-state index in [0.29, 0.717) is 0 Å². The zero-order valence-electron chi connectivity index (χ0n) is 8.44. The van der Waals surface area contributed by atoms with E-state index in [0.717, 1.165) is 0 Å². The molecule has 0 fully saturated rings. The molecule has 1 rings (SSSR count). The predicted molar refractivity (Wildman–Crippen MR) is 53.0 cm³/mol. The molecule has 0 aromatic rings. The smallest absolute Gasteiger partial charge is 0.333 e. The van der Waals surface area contributed by atoms with Gasteiger partial charge >= 0.3 is 5.97 Å². The lowest BCUT2D eigenvalue weighted by molar-refractivity contribution is -0.136. The monoisotopic (exact) mass is 206 g/mol. The Labute approximate surface area is 86.9 Å². The molecule has 15 heavy (non-hydrogen) atoms. The number of methoxy groups -OCH3 is 1. The number of ether oxygens (including phenoxy) is 1. The molecule has 0 radical (unpaired) electrons. The van der Waals surface area contributed by atoms with Crippen molar-refractivity contribution in [2.24, 2.45) is 0 Å². The summed E-state index contributed by atoms with van der Waals surface area (Å²) in [6.45, 7) is 1.52. The maximum atomic E-state index is 11.3. The quantitative estimate of drug-likeness (QED) is 0.380. The van der Waals surface area contributed by atoms with Crippen LogP contribution in [0.3, 0.4) is 0 Å². The highest BCUT2D eigenvalue weighted by Crippen LogP contribution is 2.10. The zero-order chi connectivity index (χ0) is 11.4. The van der Waals surface area contributed by atoms with Crippen molar-refractivity contribution in [2.75, 3.05) is 7.11 Å². The highest BCUT2D eigenvalue weighted by atomic mass is 16.5. The first-order valence-corrected chi connectivity index (χ1v) is 4.29. The summed E-state index contributed by atoms with van der Waals surface area (Å²) in [4.78, 5) is 33.3. The van der Waals surface area contributed by atoms with E-state index >= 15 is 0 Å². The molecule has 0 unspecified atom stereocenters. The van der Waals surface area contributed by atoms with Crippen molar-refractivity contribution in [3.63, 3.8) is 0 Å². The molecule has 0 N–H and O–H groups in total. The van der Waals surface area contributed by atoms with Gasteiger partial charge in [-0.05, 0) is 31.2 Å². The summed E-state index contributed by atoms with van der Waals surface area (Å²) in [6, 6.07) is 0. The number of allylic oxidation sites excluding steroid dienone is 5. The Kier molecular flexibility index (Phi) is 3.33. The van der Waals surface area contributed by atoms with Gasteiger partial charge in [-0.25, -0.2) is 4.79 Å². The Morgan fingerprint density at radius 3 is 2.60 bits per heavy atom. The summed E-state index contributed by atoms with van der Waals surface area (Å²) in [5, 5.41) is 0. The molecular weight excluding hydrogens is 196 g/mol. The Morgan fingerprint density at radius 2 is 2.00 bits per heavy atom. The third kappa shape index (κ3) is 2.74. The number of rotatable bonds is 2. The van der Waals surface area contributed by atoms with Crippen molar-refractivity contribution < 1.29 is 19.1 Å². The lowest BCUT2D eigenvalue weighted by Crippen LogP contribution is -2.08. The van der Waals surface area contributed by atoms with E-state index in [4.69, 9.17) is 0 Å². The fraction of sp³-hybridized carbons (Fsp3) is 0.182. The Bertz CT molecular complexity index is 410. The highest BCUT2D eigenvalue weighted by Gasteiger charge is 2.13. The zero-order valence-corrected chi connectivity index (χ0v) is 8.44.